The first-order chi connectivity index (χ1) is 15.1. The molecule has 4 rings (SSSR count). The fraction of sp³-hybridized carbons (Fsp3) is 0.364. The number of thiazole rings is 1. The molecule has 1 amide bonds. The number of nitrogens with zero attached hydrogens (tertiary/aromatic N) is 3. The number of anilines is 1. The average Bonchev–Trinajstić information content (AvgIpc) is 3.24. The van der Waals surface area contributed by atoms with Crippen LogP contribution in [-0.2, 0) is 4.79 Å². The van der Waals surface area contributed by atoms with Crippen LogP contribution in [0.5, 0.6) is 11.5 Å². The summed E-state index contributed by atoms with van der Waals surface area (Å²) in [5.41, 5.74) is 0.927. The van der Waals surface area contributed by atoms with Gasteiger partial charge >= 0.3 is 0 Å². The van der Waals surface area contributed by atoms with Crippen LogP contribution in [0.3, 0.4) is 0 Å². The highest BCUT2D eigenvalue weighted by Crippen LogP contribution is 2.34. The number of ether oxygens (including phenoxy) is 2. The lowest BCUT2D eigenvalue weighted by atomic mass is 10.3. The van der Waals surface area contributed by atoms with Crippen molar-refractivity contribution in [2.75, 3.05) is 57.9 Å². The number of methoxy groups -OCH3 is 1. The number of halogens is 1. The topological polar surface area (TPSA) is 66.9 Å². The molecule has 0 atom stereocenters. The number of aromatic nitrogens is 1. The number of hydrogen-bond donors (Lipinski definition) is 1. The molecule has 1 aliphatic rings. The predicted octanol–water partition coefficient (Wildman–Crippen LogP) is 3.28. The Morgan fingerprint density at radius 1 is 1.16 bits per heavy atom. The van der Waals surface area contributed by atoms with Gasteiger partial charge in [-0.1, -0.05) is 29.0 Å². The lowest BCUT2D eigenvalue weighted by Gasteiger charge is -2.34. The van der Waals surface area contributed by atoms with Crippen molar-refractivity contribution in [1.82, 2.24) is 15.2 Å². The van der Waals surface area contributed by atoms with E-state index >= 15 is 0 Å². The second kappa shape index (κ2) is 10.2. The third kappa shape index (κ3) is 5.58. The number of amides is 1. The lowest BCUT2D eigenvalue weighted by Crippen LogP contribution is -2.48. The maximum absolute atomic E-state index is 12.0. The summed E-state index contributed by atoms with van der Waals surface area (Å²) in [5.74, 6) is 1.31. The molecule has 0 radical (unpaired) electrons. The van der Waals surface area contributed by atoms with Crippen molar-refractivity contribution in [3.8, 4) is 11.5 Å². The fourth-order valence-corrected chi connectivity index (χ4v) is 4.62. The number of carbonyl (C=O) groups is 1. The van der Waals surface area contributed by atoms with Crippen LogP contribution in [-0.4, -0.2) is 68.8 Å². The van der Waals surface area contributed by atoms with Gasteiger partial charge in [0, 0.05) is 44.3 Å². The standard InChI is InChI=1S/C22H25ClN4O3S/c1-29-18-3-2-4-19-21(18)25-22(31-19)27-13-11-26(12-14-27)10-9-24-20(28)15-30-17-7-5-16(23)6-8-17/h2-8H,9-15H2,1H3,(H,24,28). The molecule has 3 aromatic rings. The van der Waals surface area contributed by atoms with Crippen molar-refractivity contribution < 1.29 is 14.3 Å². The number of fused-ring (bicyclic) bond motifs is 1. The molecule has 1 fully saturated rings. The summed E-state index contributed by atoms with van der Waals surface area (Å²) in [4.78, 5) is 21.5. The summed E-state index contributed by atoms with van der Waals surface area (Å²) in [7, 11) is 1.68. The number of para-hydroxylation sites is 1. The van der Waals surface area contributed by atoms with Crippen LogP contribution in [0.1, 0.15) is 0 Å². The average molecular weight is 461 g/mol. The molecular weight excluding hydrogens is 436 g/mol. The quantitative estimate of drug-likeness (QED) is 0.556. The number of hydrogen-bond acceptors (Lipinski definition) is 7. The van der Waals surface area contributed by atoms with Gasteiger partial charge in [0.1, 0.15) is 17.0 Å². The highest BCUT2D eigenvalue weighted by Gasteiger charge is 2.20. The first-order valence-corrected chi connectivity index (χ1v) is 11.4. The summed E-state index contributed by atoms with van der Waals surface area (Å²) in [6.45, 7) is 5.10. The zero-order valence-corrected chi connectivity index (χ0v) is 18.9. The van der Waals surface area contributed by atoms with Gasteiger partial charge in [-0.2, -0.15) is 0 Å². The summed E-state index contributed by atoms with van der Waals surface area (Å²) in [6, 6.07) is 13.0. The number of piperazine rings is 1. The minimum atomic E-state index is -0.128. The Hall–Kier alpha value is -2.55. The van der Waals surface area contributed by atoms with Gasteiger partial charge in [0.2, 0.25) is 0 Å². The predicted molar refractivity (Wildman–Crippen MR) is 125 cm³/mol. The van der Waals surface area contributed by atoms with Crippen LogP contribution in [0, 0.1) is 0 Å². The van der Waals surface area contributed by atoms with Gasteiger partial charge in [-0.05, 0) is 36.4 Å². The zero-order valence-electron chi connectivity index (χ0n) is 17.3. The molecule has 9 heteroatoms. The molecule has 0 spiro atoms. The van der Waals surface area contributed by atoms with E-state index in [1.807, 2.05) is 12.1 Å². The molecule has 1 aromatic heterocycles. The van der Waals surface area contributed by atoms with Gasteiger partial charge in [0.25, 0.3) is 5.91 Å². The Labute approximate surface area is 190 Å². The highest BCUT2D eigenvalue weighted by atomic mass is 35.5. The van der Waals surface area contributed by atoms with Crippen LogP contribution in [0.15, 0.2) is 42.5 Å². The number of nitrogens with one attached hydrogen (secondary N) is 1. The Balaban J connectivity index is 1.18. The molecule has 1 N–H and O–H groups in total. The summed E-state index contributed by atoms with van der Waals surface area (Å²) in [5, 5.41) is 4.59. The molecule has 0 bridgehead atoms. The second-order valence-corrected chi connectivity index (χ2v) is 8.67. The molecule has 0 unspecified atom stereocenters. The van der Waals surface area contributed by atoms with E-state index in [0.29, 0.717) is 17.3 Å². The molecule has 164 valence electrons. The normalized spacial score (nSPS) is 14.6. The van der Waals surface area contributed by atoms with Crippen LogP contribution >= 0.6 is 22.9 Å². The molecule has 0 saturated carbocycles. The monoisotopic (exact) mass is 460 g/mol. The van der Waals surface area contributed by atoms with E-state index < -0.39 is 0 Å². The van der Waals surface area contributed by atoms with Crippen LogP contribution in [0.4, 0.5) is 5.13 Å². The maximum atomic E-state index is 12.0. The van der Waals surface area contributed by atoms with Gasteiger partial charge in [-0.3, -0.25) is 9.69 Å². The molecule has 2 heterocycles. The maximum Gasteiger partial charge on any atom is 0.257 e. The van der Waals surface area contributed by atoms with E-state index in [4.69, 9.17) is 26.1 Å². The van der Waals surface area contributed by atoms with Crippen molar-refractivity contribution in [2.24, 2.45) is 0 Å². The van der Waals surface area contributed by atoms with E-state index in [0.717, 1.165) is 53.8 Å². The Kier molecular flexibility index (Phi) is 7.11. The first kappa shape index (κ1) is 21.7. The number of benzene rings is 2. The summed E-state index contributed by atoms with van der Waals surface area (Å²) < 4.78 is 12.0. The van der Waals surface area contributed by atoms with E-state index in [1.54, 1.807) is 42.7 Å². The van der Waals surface area contributed by atoms with Crippen LogP contribution in [0.25, 0.3) is 10.2 Å². The van der Waals surface area contributed by atoms with Gasteiger partial charge in [0.15, 0.2) is 11.7 Å². The minimum Gasteiger partial charge on any atom is -0.494 e. The van der Waals surface area contributed by atoms with Crippen molar-refractivity contribution in [1.29, 1.82) is 0 Å². The molecule has 2 aromatic carbocycles. The van der Waals surface area contributed by atoms with Gasteiger partial charge in [0.05, 0.1) is 11.8 Å². The van der Waals surface area contributed by atoms with Gasteiger partial charge < -0.3 is 19.7 Å². The number of rotatable bonds is 8. The SMILES string of the molecule is COc1cccc2sc(N3CCN(CCNC(=O)COc4ccc(Cl)cc4)CC3)nc12. The van der Waals surface area contributed by atoms with Crippen molar-refractivity contribution in [3.63, 3.8) is 0 Å². The van der Waals surface area contributed by atoms with E-state index in [-0.39, 0.29) is 12.5 Å². The smallest absolute Gasteiger partial charge is 0.257 e. The third-order valence-electron chi connectivity index (χ3n) is 5.17. The lowest BCUT2D eigenvalue weighted by molar-refractivity contribution is -0.123. The fourth-order valence-electron chi connectivity index (χ4n) is 3.46. The molecule has 0 aliphatic carbocycles. The van der Waals surface area contributed by atoms with Gasteiger partial charge in [-0.15, -0.1) is 0 Å². The van der Waals surface area contributed by atoms with Crippen molar-refractivity contribution in [3.05, 3.63) is 47.5 Å². The van der Waals surface area contributed by atoms with Crippen molar-refractivity contribution in [2.45, 2.75) is 0 Å². The highest BCUT2D eigenvalue weighted by molar-refractivity contribution is 7.22. The van der Waals surface area contributed by atoms with Crippen LogP contribution < -0.4 is 19.7 Å². The summed E-state index contributed by atoms with van der Waals surface area (Å²) in [6.07, 6.45) is 0. The molecule has 1 saturated heterocycles. The van der Waals surface area contributed by atoms with Crippen molar-refractivity contribution >= 4 is 44.2 Å². The second-order valence-electron chi connectivity index (χ2n) is 7.22. The van der Waals surface area contributed by atoms with E-state index in [2.05, 4.69) is 21.2 Å². The molecule has 31 heavy (non-hydrogen) atoms. The van der Waals surface area contributed by atoms with E-state index in [1.165, 1.54) is 0 Å². The first-order valence-electron chi connectivity index (χ1n) is 10.2. The van der Waals surface area contributed by atoms with Crippen LogP contribution in [0.2, 0.25) is 5.02 Å². The summed E-state index contributed by atoms with van der Waals surface area (Å²) >= 11 is 7.54. The minimum absolute atomic E-state index is 0.00349. The molecule has 7 nitrogen and oxygen atoms in total. The Bertz CT molecular complexity index is 1020. The molecular formula is C22H25ClN4O3S. The van der Waals surface area contributed by atoms with E-state index in [9.17, 15) is 4.79 Å². The zero-order chi connectivity index (χ0) is 21.6. The molecule has 1 aliphatic heterocycles. The largest absolute Gasteiger partial charge is 0.494 e. The number of carbonyl (C=O) groups excluding carboxylic acids is 1. The Morgan fingerprint density at radius 3 is 2.68 bits per heavy atom. The Morgan fingerprint density at radius 2 is 1.94 bits per heavy atom. The third-order valence-corrected chi connectivity index (χ3v) is 6.50. The van der Waals surface area contributed by atoms with Gasteiger partial charge in [-0.25, -0.2) is 4.98 Å².